The van der Waals surface area contributed by atoms with E-state index in [0.29, 0.717) is 0 Å². The molecule has 0 saturated carbocycles. The number of nitrogens with zero attached hydrogens (tertiary/aromatic N) is 3. The second-order valence-electron chi connectivity index (χ2n) is 31.0. The molecule has 109 heavy (non-hydrogen) atoms. The number of rotatable bonds is 4. The summed E-state index contributed by atoms with van der Waals surface area (Å²) in [5.41, 5.74) is 45.9. The van der Waals surface area contributed by atoms with Crippen molar-refractivity contribution >= 4 is 79.0 Å². The van der Waals surface area contributed by atoms with Gasteiger partial charge in [0.05, 0.1) is 38.7 Å². The summed E-state index contributed by atoms with van der Waals surface area (Å²) in [6, 6.07) is 146. The van der Waals surface area contributed by atoms with Crippen molar-refractivity contribution in [2.24, 2.45) is 0 Å². The molecule has 0 bridgehead atoms. The van der Waals surface area contributed by atoms with Gasteiger partial charge in [-0.15, -0.1) is 0 Å². The molecule has 0 unspecified atom stereocenters. The summed E-state index contributed by atoms with van der Waals surface area (Å²) in [5, 5.41) is 2.44. The monoisotopic (exact) mass is 1380 g/mol. The zero-order valence-electron chi connectivity index (χ0n) is 59.2. The lowest BCUT2D eigenvalue weighted by Crippen LogP contribution is -2.62. The molecule has 1 aromatic heterocycles. The van der Waals surface area contributed by atoms with Crippen molar-refractivity contribution < 1.29 is 0 Å². The van der Waals surface area contributed by atoms with Gasteiger partial charge in [-0.25, -0.2) is 0 Å². The van der Waals surface area contributed by atoms with Gasteiger partial charge in [0, 0.05) is 44.8 Å². The maximum atomic E-state index is 2.76. The molecule has 500 valence electrons. The third-order valence-corrected chi connectivity index (χ3v) is 26.6. The zero-order valence-corrected chi connectivity index (χ0v) is 59.2. The van der Waals surface area contributed by atoms with Crippen LogP contribution in [-0.4, -0.2) is 11.3 Å². The van der Waals surface area contributed by atoms with Gasteiger partial charge in [0.15, 0.2) is 0 Å². The lowest BCUT2D eigenvalue weighted by molar-refractivity contribution is 0.793. The van der Waals surface area contributed by atoms with Gasteiger partial charge in [-0.05, 0) is 210 Å². The predicted octanol–water partition coefficient (Wildman–Crippen LogP) is 23.6. The van der Waals surface area contributed by atoms with Gasteiger partial charge in [-0.2, -0.15) is 0 Å². The number of fused-ring (bicyclic) bond motifs is 38. The molecule has 0 atom stereocenters. The number of anilines is 6. The zero-order chi connectivity index (χ0) is 70.7. The average Bonchev–Trinajstić information content (AvgIpc) is 1.54. The van der Waals surface area contributed by atoms with Crippen molar-refractivity contribution in [1.29, 1.82) is 0 Å². The van der Waals surface area contributed by atoms with Crippen LogP contribution in [0.1, 0.15) is 66.8 Å². The van der Waals surface area contributed by atoms with E-state index in [0.717, 1.165) is 45.2 Å². The second kappa shape index (κ2) is 20.8. The molecule has 8 aliphatic rings. The fraction of sp³-hybridized carbons (Fsp3) is 0.0286. The molecule has 0 saturated heterocycles. The van der Waals surface area contributed by atoms with E-state index < -0.39 is 16.2 Å². The molecule has 3 heterocycles. The summed E-state index contributed by atoms with van der Waals surface area (Å²) in [7, 11) is 0. The first-order valence-corrected chi connectivity index (χ1v) is 38.4. The molecule has 0 amide bonds. The first-order chi connectivity index (χ1) is 54.1. The van der Waals surface area contributed by atoms with Crippen molar-refractivity contribution in [1.82, 2.24) is 4.57 Å². The van der Waals surface area contributed by atoms with Crippen LogP contribution in [0.15, 0.2) is 376 Å². The quantitative estimate of drug-likeness (QED) is 0.163. The van der Waals surface area contributed by atoms with Crippen LogP contribution in [0.3, 0.4) is 0 Å². The fourth-order valence-corrected chi connectivity index (χ4v) is 22.9. The highest BCUT2D eigenvalue weighted by Gasteiger charge is 2.58. The molecule has 3 spiro atoms. The van der Waals surface area contributed by atoms with Gasteiger partial charge in [0.2, 0.25) is 0 Å². The third-order valence-electron chi connectivity index (χ3n) is 26.6. The summed E-state index contributed by atoms with van der Waals surface area (Å²) < 4.78 is 2.57. The van der Waals surface area contributed by atoms with Crippen molar-refractivity contribution in [3.63, 3.8) is 0 Å². The van der Waals surface area contributed by atoms with E-state index in [1.165, 1.54) is 177 Å². The van der Waals surface area contributed by atoms with Crippen LogP contribution >= 0.6 is 0 Å². The van der Waals surface area contributed by atoms with Crippen molar-refractivity contribution in [3.8, 4) is 83.6 Å². The normalized spacial score (nSPS) is 15.0. The average molecular weight is 1380 g/mol. The molecule has 6 aliphatic carbocycles. The standard InChI is InChI=1S/C105H62BN3/c1-2-27-63(28-3-1)64-53-57-94-91(59-64)106-101-97(61-66(108-92-50-24-13-37-75(92)76-38-14-25-51-93(76)108)62-98(101)109(94)95-52-26-40-77-73-35-10-22-48-87(73)105(100(77)95)85-46-20-8-33-71(85)72-34-9-21-47-86(72)105)107(65-54-55-89-79(60-65)74-36-11-19-45-84(74)103(89)80-41-15-4-29-67(80)68-30-5-16-42-81(68)103)96-58-56-90-99(102(96)106)78-39-12-23-49-88(78)104(90)82-43-17-6-31-69(82)70-32-7-18-44-83(70)104/h1-62H. The molecule has 18 aromatic rings. The van der Waals surface area contributed by atoms with E-state index in [1.807, 2.05) is 0 Å². The van der Waals surface area contributed by atoms with E-state index in [-0.39, 0.29) is 6.71 Å². The SMILES string of the molecule is c1ccc(-c2ccc3c(c2)B2c4c(cc(-n5c6ccccc6c6ccccc65)cc4N3c3cccc4c3C3(c5ccccc5-c5ccccc53)c3ccccc3-4)N(c3ccc4c(c3)-c3ccccc3C43c4ccccc4-c4ccccc43)c3ccc4c(c32)-c2ccccc2C42c3ccccc3-c3ccccc32)cc1. The molecule has 4 heteroatoms. The smallest absolute Gasteiger partial charge is 0.252 e. The van der Waals surface area contributed by atoms with Crippen LogP contribution in [0.4, 0.5) is 34.1 Å². The number of aromatic nitrogens is 1. The van der Waals surface area contributed by atoms with E-state index >= 15 is 0 Å². The number of hydrogen-bond acceptors (Lipinski definition) is 2. The van der Waals surface area contributed by atoms with Crippen LogP contribution in [0.5, 0.6) is 0 Å². The Kier molecular flexibility index (Phi) is 11.2. The Morgan fingerprint density at radius 2 is 0.606 bits per heavy atom. The fourth-order valence-electron chi connectivity index (χ4n) is 22.9. The topological polar surface area (TPSA) is 11.4 Å². The van der Waals surface area contributed by atoms with E-state index in [9.17, 15) is 0 Å². The number of para-hydroxylation sites is 2. The summed E-state index contributed by atoms with van der Waals surface area (Å²) in [4.78, 5) is 5.49. The summed E-state index contributed by atoms with van der Waals surface area (Å²) in [5.74, 6) is 0. The maximum Gasteiger partial charge on any atom is 0.252 e. The van der Waals surface area contributed by atoms with Gasteiger partial charge in [0.1, 0.15) is 0 Å². The Balaban J connectivity index is 0.841. The Morgan fingerprint density at radius 3 is 1.14 bits per heavy atom. The lowest BCUT2D eigenvalue weighted by Gasteiger charge is -2.46. The highest BCUT2D eigenvalue weighted by atomic mass is 15.2. The molecule has 0 radical (unpaired) electrons. The van der Waals surface area contributed by atoms with Crippen LogP contribution in [0, 0.1) is 0 Å². The van der Waals surface area contributed by atoms with Crippen molar-refractivity contribution in [2.75, 3.05) is 9.80 Å². The molecule has 0 fully saturated rings. The summed E-state index contributed by atoms with van der Waals surface area (Å²) >= 11 is 0. The van der Waals surface area contributed by atoms with Gasteiger partial charge in [0.25, 0.3) is 6.71 Å². The molecule has 3 nitrogen and oxygen atoms in total. The minimum Gasteiger partial charge on any atom is -0.311 e. The van der Waals surface area contributed by atoms with Crippen LogP contribution < -0.4 is 26.2 Å². The Morgan fingerprint density at radius 1 is 0.211 bits per heavy atom. The van der Waals surface area contributed by atoms with Crippen molar-refractivity contribution in [3.05, 3.63) is 443 Å². The highest BCUT2D eigenvalue weighted by Crippen LogP contribution is 2.69. The third kappa shape index (κ3) is 6.92. The van der Waals surface area contributed by atoms with E-state index in [2.05, 4.69) is 390 Å². The van der Waals surface area contributed by atoms with Gasteiger partial charge >= 0.3 is 0 Å². The number of benzene rings is 17. The first kappa shape index (κ1) is 58.5. The Hall–Kier alpha value is -13.8. The first-order valence-electron chi connectivity index (χ1n) is 38.4. The molecule has 26 rings (SSSR count). The lowest BCUT2D eigenvalue weighted by atomic mass is 9.32. The minimum absolute atomic E-state index is 0.302. The number of hydrogen-bond donors (Lipinski definition) is 0. The predicted molar refractivity (Wildman–Crippen MR) is 449 cm³/mol. The molecule has 2 aliphatic heterocycles. The Bertz CT molecular complexity index is 6960. The maximum absolute atomic E-state index is 2.76. The summed E-state index contributed by atoms with van der Waals surface area (Å²) in [6.45, 7) is -0.302. The highest BCUT2D eigenvalue weighted by molar-refractivity contribution is 7.01. The Labute approximate surface area is 631 Å². The van der Waals surface area contributed by atoms with E-state index in [4.69, 9.17) is 0 Å². The van der Waals surface area contributed by atoms with E-state index in [1.54, 1.807) is 0 Å². The van der Waals surface area contributed by atoms with Gasteiger partial charge in [-0.3, -0.25) is 0 Å². The van der Waals surface area contributed by atoms with Crippen LogP contribution in [0.25, 0.3) is 105 Å². The summed E-state index contributed by atoms with van der Waals surface area (Å²) in [6.07, 6.45) is 0. The molecule has 17 aromatic carbocycles. The minimum atomic E-state index is -0.676. The van der Waals surface area contributed by atoms with Crippen LogP contribution in [-0.2, 0) is 16.2 Å². The second-order valence-corrected chi connectivity index (χ2v) is 31.0. The van der Waals surface area contributed by atoms with Gasteiger partial charge < -0.3 is 14.4 Å². The molecular formula is C105H62BN3. The van der Waals surface area contributed by atoms with Crippen molar-refractivity contribution in [2.45, 2.75) is 16.2 Å². The van der Waals surface area contributed by atoms with Crippen LogP contribution in [0.2, 0.25) is 0 Å². The molecular weight excluding hydrogens is 1310 g/mol. The van der Waals surface area contributed by atoms with Gasteiger partial charge in [-0.1, -0.05) is 322 Å². The molecule has 0 N–H and O–H groups in total. The largest absolute Gasteiger partial charge is 0.311 e.